The van der Waals surface area contributed by atoms with Gasteiger partial charge >= 0.3 is 0 Å². The van der Waals surface area contributed by atoms with E-state index in [2.05, 4.69) is 20.1 Å². The van der Waals surface area contributed by atoms with Crippen molar-refractivity contribution in [2.45, 2.75) is 32.2 Å². The number of anilines is 1. The quantitative estimate of drug-likeness (QED) is 0.858. The summed E-state index contributed by atoms with van der Waals surface area (Å²) < 4.78 is 0. The molecule has 3 rings (SSSR count). The van der Waals surface area contributed by atoms with Crippen LogP contribution in [0.25, 0.3) is 0 Å². The molecule has 0 N–H and O–H groups in total. The van der Waals surface area contributed by atoms with Crippen molar-refractivity contribution in [3.63, 3.8) is 0 Å². The molecule has 1 aliphatic rings. The SMILES string of the molecule is Cc1ccc(CC(=O)N2CCC(N(C)c3cccnn3)CC2)cn1. The zero-order valence-corrected chi connectivity index (χ0v) is 14.2. The fourth-order valence-corrected chi connectivity index (χ4v) is 3.06. The normalized spacial score (nSPS) is 15.3. The first-order chi connectivity index (χ1) is 11.6. The highest BCUT2D eigenvalue weighted by Crippen LogP contribution is 2.20. The van der Waals surface area contributed by atoms with Crippen molar-refractivity contribution in [1.29, 1.82) is 0 Å². The molecule has 24 heavy (non-hydrogen) atoms. The number of aromatic nitrogens is 3. The van der Waals surface area contributed by atoms with Gasteiger partial charge in [-0.05, 0) is 43.5 Å². The van der Waals surface area contributed by atoms with Gasteiger partial charge in [-0.2, -0.15) is 5.10 Å². The van der Waals surface area contributed by atoms with Crippen LogP contribution in [-0.4, -0.2) is 52.2 Å². The fraction of sp³-hybridized carbons (Fsp3) is 0.444. The summed E-state index contributed by atoms with van der Waals surface area (Å²) in [4.78, 5) is 20.8. The zero-order valence-electron chi connectivity index (χ0n) is 14.2. The summed E-state index contributed by atoms with van der Waals surface area (Å²) in [6.07, 6.45) is 5.80. The molecule has 0 aliphatic carbocycles. The maximum absolute atomic E-state index is 12.5. The number of aryl methyl sites for hydroxylation is 1. The van der Waals surface area contributed by atoms with Crippen LogP contribution < -0.4 is 4.90 Å². The van der Waals surface area contributed by atoms with Crippen molar-refractivity contribution < 1.29 is 4.79 Å². The molecule has 0 atom stereocenters. The minimum absolute atomic E-state index is 0.182. The molecule has 1 amide bonds. The van der Waals surface area contributed by atoms with E-state index >= 15 is 0 Å². The lowest BCUT2D eigenvalue weighted by molar-refractivity contribution is -0.131. The first-order valence-electron chi connectivity index (χ1n) is 8.33. The zero-order chi connectivity index (χ0) is 16.9. The van der Waals surface area contributed by atoms with Crippen molar-refractivity contribution in [2.75, 3.05) is 25.0 Å². The van der Waals surface area contributed by atoms with E-state index in [-0.39, 0.29) is 5.91 Å². The number of carbonyl (C=O) groups is 1. The van der Waals surface area contributed by atoms with Crippen LogP contribution in [0.15, 0.2) is 36.7 Å². The molecule has 0 unspecified atom stereocenters. The molecular formula is C18H23N5O. The third kappa shape index (κ3) is 3.88. The lowest BCUT2D eigenvalue weighted by Gasteiger charge is -2.37. The van der Waals surface area contributed by atoms with Crippen molar-refractivity contribution in [3.05, 3.63) is 47.9 Å². The van der Waals surface area contributed by atoms with Gasteiger partial charge in [0.15, 0.2) is 5.82 Å². The van der Waals surface area contributed by atoms with Crippen LogP contribution in [0.3, 0.4) is 0 Å². The average Bonchev–Trinajstić information content (AvgIpc) is 2.64. The summed E-state index contributed by atoms with van der Waals surface area (Å²) in [6, 6.07) is 8.19. The minimum atomic E-state index is 0.182. The molecule has 0 radical (unpaired) electrons. The van der Waals surface area contributed by atoms with E-state index in [0.29, 0.717) is 12.5 Å². The van der Waals surface area contributed by atoms with Crippen LogP contribution in [-0.2, 0) is 11.2 Å². The molecule has 0 bridgehead atoms. The molecule has 6 heteroatoms. The van der Waals surface area contributed by atoms with Gasteiger partial charge in [-0.15, -0.1) is 5.10 Å². The first kappa shape index (κ1) is 16.4. The van der Waals surface area contributed by atoms with Gasteiger partial charge in [0.2, 0.25) is 5.91 Å². The molecule has 6 nitrogen and oxygen atoms in total. The highest BCUT2D eigenvalue weighted by atomic mass is 16.2. The van der Waals surface area contributed by atoms with Crippen LogP contribution in [0, 0.1) is 6.92 Å². The molecule has 2 aromatic heterocycles. The Kier molecular flexibility index (Phi) is 5.03. The first-order valence-corrected chi connectivity index (χ1v) is 8.33. The van der Waals surface area contributed by atoms with Crippen LogP contribution in [0.1, 0.15) is 24.1 Å². The van der Waals surface area contributed by atoms with Gasteiger partial charge < -0.3 is 9.80 Å². The largest absolute Gasteiger partial charge is 0.355 e. The standard InChI is InChI=1S/C18H23N5O/c1-14-5-6-15(13-19-14)12-18(24)23-10-7-16(8-11-23)22(2)17-4-3-9-20-21-17/h3-6,9,13,16H,7-8,10-12H2,1-2H3. The fourth-order valence-electron chi connectivity index (χ4n) is 3.06. The van der Waals surface area contributed by atoms with Crippen molar-refractivity contribution >= 4 is 11.7 Å². The van der Waals surface area contributed by atoms with E-state index in [0.717, 1.165) is 43.0 Å². The number of hydrogen-bond acceptors (Lipinski definition) is 5. The van der Waals surface area contributed by atoms with Gasteiger partial charge in [-0.1, -0.05) is 6.07 Å². The van der Waals surface area contributed by atoms with Crippen LogP contribution in [0.4, 0.5) is 5.82 Å². The Balaban J connectivity index is 1.53. The number of likely N-dealkylation sites (tertiary alicyclic amines) is 1. The monoisotopic (exact) mass is 325 g/mol. The summed E-state index contributed by atoms with van der Waals surface area (Å²) in [6.45, 7) is 3.52. The van der Waals surface area contributed by atoms with Gasteiger partial charge in [0, 0.05) is 44.3 Å². The number of nitrogens with zero attached hydrogens (tertiary/aromatic N) is 5. The second kappa shape index (κ2) is 7.38. The van der Waals surface area contributed by atoms with E-state index in [1.165, 1.54) is 0 Å². The summed E-state index contributed by atoms with van der Waals surface area (Å²) in [5, 5.41) is 8.09. The Morgan fingerprint density at radius 2 is 2.08 bits per heavy atom. The second-order valence-corrected chi connectivity index (χ2v) is 6.29. The van der Waals surface area contributed by atoms with E-state index in [1.807, 2.05) is 43.1 Å². The van der Waals surface area contributed by atoms with Crippen molar-refractivity contribution in [1.82, 2.24) is 20.1 Å². The summed E-state index contributed by atoms with van der Waals surface area (Å²) in [5.41, 5.74) is 1.95. The van der Waals surface area contributed by atoms with Gasteiger partial charge in [0.05, 0.1) is 6.42 Å². The predicted molar refractivity (Wildman–Crippen MR) is 92.7 cm³/mol. The highest BCUT2D eigenvalue weighted by Gasteiger charge is 2.26. The predicted octanol–water partition coefficient (Wildman–Crippen LogP) is 1.85. The maximum atomic E-state index is 12.5. The van der Waals surface area contributed by atoms with Gasteiger partial charge in [-0.3, -0.25) is 9.78 Å². The summed E-state index contributed by atoms with van der Waals surface area (Å²) in [5.74, 6) is 1.06. The number of carbonyl (C=O) groups excluding carboxylic acids is 1. The topological polar surface area (TPSA) is 62.2 Å². The maximum Gasteiger partial charge on any atom is 0.227 e. The molecule has 0 saturated carbocycles. The number of hydrogen-bond donors (Lipinski definition) is 0. The van der Waals surface area contributed by atoms with E-state index in [1.54, 1.807) is 12.4 Å². The molecule has 1 fully saturated rings. The summed E-state index contributed by atoms with van der Waals surface area (Å²) in [7, 11) is 2.05. The number of rotatable bonds is 4. The minimum Gasteiger partial charge on any atom is -0.355 e. The highest BCUT2D eigenvalue weighted by molar-refractivity contribution is 5.78. The Morgan fingerprint density at radius 1 is 1.29 bits per heavy atom. The molecular weight excluding hydrogens is 302 g/mol. The number of amides is 1. The van der Waals surface area contributed by atoms with E-state index in [4.69, 9.17) is 0 Å². The van der Waals surface area contributed by atoms with Gasteiger partial charge in [0.1, 0.15) is 0 Å². The number of pyridine rings is 1. The third-order valence-electron chi connectivity index (χ3n) is 4.61. The molecule has 126 valence electrons. The lowest BCUT2D eigenvalue weighted by Crippen LogP contribution is -2.46. The lowest BCUT2D eigenvalue weighted by atomic mass is 10.0. The Morgan fingerprint density at radius 3 is 2.71 bits per heavy atom. The molecule has 0 spiro atoms. The molecule has 2 aromatic rings. The number of piperidine rings is 1. The van der Waals surface area contributed by atoms with Crippen LogP contribution in [0.2, 0.25) is 0 Å². The van der Waals surface area contributed by atoms with E-state index in [9.17, 15) is 4.79 Å². The Bertz CT molecular complexity index is 666. The smallest absolute Gasteiger partial charge is 0.227 e. The average molecular weight is 325 g/mol. The molecule has 1 saturated heterocycles. The van der Waals surface area contributed by atoms with E-state index < -0.39 is 0 Å². The molecule has 0 aromatic carbocycles. The van der Waals surface area contributed by atoms with Crippen LogP contribution in [0.5, 0.6) is 0 Å². The Labute approximate surface area is 142 Å². The molecule has 1 aliphatic heterocycles. The molecule has 3 heterocycles. The van der Waals surface area contributed by atoms with Crippen molar-refractivity contribution in [3.8, 4) is 0 Å². The van der Waals surface area contributed by atoms with Crippen LogP contribution >= 0.6 is 0 Å². The van der Waals surface area contributed by atoms with Gasteiger partial charge in [-0.25, -0.2) is 0 Å². The van der Waals surface area contributed by atoms with Crippen molar-refractivity contribution in [2.24, 2.45) is 0 Å². The summed E-state index contributed by atoms with van der Waals surface area (Å²) >= 11 is 0. The second-order valence-electron chi connectivity index (χ2n) is 6.29. The third-order valence-corrected chi connectivity index (χ3v) is 4.61. The van der Waals surface area contributed by atoms with Gasteiger partial charge in [0.25, 0.3) is 0 Å². The Hall–Kier alpha value is -2.50.